The number of hydrogen-bond acceptors (Lipinski definition) is 3. The smallest absolute Gasteiger partial charge is 0.290 e. The Labute approximate surface area is 169 Å². The second kappa shape index (κ2) is 6.88. The van der Waals surface area contributed by atoms with Crippen LogP contribution in [-0.2, 0) is 11.2 Å². The quantitative estimate of drug-likeness (QED) is 0.569. The average molecular weight is 390 g/mol. The highest BCUT2D eigenvalue weighted by atomic mass is 35.5. The molecule has 0 bridgehead atoms. The molecule has 1 heterocycles. The maximum atomic E-state index is 6.31. The molecule has 0 aromatic heterocycles. The lowest BCUT2D eigenvalue weighted by Crippen LogP contribution is -2.28. The number of rotatable bonds is 2. The molecule has 0 radical (unpaired) electrons. The van der Waals surface area contributed by atoms with Gasteiger partial charge in [-0.1, -0.05) is 54.1 Å². The summed E-state index contributed by atoms with van der Waals surface area (Å²) in [5.74, 6) is 0. The Morgan fingerprint density at radius 1 is 1.00 bits per heavy atom. The number of nitrogens with two attached hydrogens (primary N) is 1. The van der Waals surface area contributed by atoms with Gasteiger partial charge in [0.25, 0.3) is 6.02 Å². The van der Waals surface area contributed by atoms with E-state index in [1.54, 1.807) is 0 Å². The van der Waals surface area contributed by atoms with Crippen molar-refractivity contribution >= 4 is 29.0 Å². The van der Waals surface area contributed by atoms with Crippen molar-refractivity contribution in [3.05, 3.63) is 94.0 Å². The van der Waals surface area contributed by atoms with Gasteiger partial charge in [-0.2, -0.15) is 0 Å². The summed E-state index contributed by atoms with van der Waals surface area (Å²) in [6, 6.07) is 22.6. The molecule has 5 rings (SSSR count). The molecule has 2 aliphatic rings. The van der Waals surface area contributed by atoms with E-state index in [0.717, 1.165) is 29.7 Å². The number of fused-ring (bicyclic) bond motifs is 2. The molecule has 0 fully saturated rings. The highest BCUT2D eigenvalue weighted by Crippen LogP contribution is 2.41. The maximum absolute atomic E-state index is 6.31. The third-order valence-electron chi connectivity index (χ3n) is 5.42. The normalized spacial score (nSPS) is 21.5. The van der Waals surface area contributed by atoms with Gasteiger partial charge in [0, 0.05) is 16.3 Å². The molecule has 1 unspecified atom stereocenters. The van der Waals surface area contributed by atoms with Crippen LogP contribution in [0, 0.1) is 0 Å². The second-order valence-electron chi connectivity index (χ2n) is 7.17. The average Bonchev–Trinajstić information content (AvgIpc) is 3.11. The van der Waals surface area contributed by atoms with Crippen molar-refractivity contribution < 1.29 is 4.74 Å². The molecule has 5 heteroatoms. The fraction of sp³-hybridized carbons (Fsp3) is 0.174. The number of benzene rings is 3. The van der Waals surface area contributed by atoms with Crippen LogP contribution in [-0.4, -0.2) is 6.02 Å². The highest BCUT2D eigenvalue weighted by Gasteiger charge is 2.30. The lowest BCUT2D eigenvalue weighted by Gasteiger charge is -2.30. The van der Waals surface area contributed by atoms with Crippen molar-refractivity contribution in [3.63, 3.8) is 0 Å². The third kappa shape index (κ3) is 3.00. The molecule has 1 aliphatic heterocycles. The van der Waals surface area contributed by atoms with E-state index in [-0.39, 0.29) is 12.1 Å². The van der Waals surface area contributed by atoms with E-state index in [2.05, 4.69) is 29.6 Å². The van der Waals surface area contributed by atoms with Crippen molar-refractivity contribution in [1.29, 1.82) is 0 Å². The van der Waals surface area contributed by atoms with Crippen molar-refractivity contribution in [1.82, 2.24) is 0 Å². The van der Waals surface area contributed by atoms with Crippen LogP contribution in [0.2, 0.25) is 5.02 Å². The van der Waals surface area contributed by atoms with E-state index in [4.69, 9.17) is 27.1 Å². The summed E-state index contributed by atoms with van der Waals surface area (Å²) in [5, 5.41) is 4.02. The van der Waals surface area contributed by atoms with Crippen molar-refractivity contribution in [3.8, 4) is 0 Å². The molecule has 3 aromatic carbocycles. The fourth-order valence-corrected chi connectivity index (χ4v) is 4.17. The zero-order valence-corrected chi connectivity index (χ0v) is 16.0. The van der Waals surface area contributed by atoms with Crippen LogP contribution < -0.4 is 11.1 Å². The molecule has 28 heavy (non-hydrogen) atoms. The van der Waals surface area contributed by atoms with Gasteiger partial charge in [-0.25, -0.2) is 4.99 Å². The number of nitrogens with one attached hydrogen (secondary N) is 1. The van der Waals surface area contributed by atoms with Gasteiger partial charge >= 0.3 is 0 Å². The summed E-state index contributed by atoms with van der Waals surface area (Å²) in [6.45, 7) is 0. The first kappa shape index (κ1) is 17.1. The Kier molecular flexibility index (Phi) is 4.21. The Balaban J connectivity index is 1.55. The molecule has 3 aromatic rings. The minimum Gasteiger partial charge on any atom is -0.452 e. The molecular weight excluding hydrogens is 370 g/mol. The summed E-state index contributed by atoms with van der Waals surface area (Å²) in [4.78, 5) is 4.91. The van der Waals surface area contributed by atoms with Crippen LogP contribution in [0.15, 0.2) is 71.7 Å². The number of hydrogen-bond donors (Lipinski definition) is 2. The lowest BCUT2D eigenvalue weighted by molar-refractivity contribution is 0.225. The van der Waals surface area contributed by atoms with Gasteiger partial charge in [0.1, 0.15) is 0 Å². The van der Waals surface area contributed by atoms with Crippen molar-refractivity contribution in [2.45, 2.75) is 25.0 Å². The van der Waals surface area contributed by atoms with Crippen LogP contribution in [0.25, 0.3) is 0 Å². The number of aryl methyl sites for hydroxylation is 1. The monoisotopic (exact) mass is 389 g/mol. The van der Waals surface area contributed by atoms with E-state index < -0.39 is 0 Å². The zero-order chi connectivity index (χ0) is 19.1. The molecule has 4 nitrogen and oxygen atoms in total. The SMILES string of the molecule is Nc1cccc2c1[C@@H](c1ccc(Cl)cc1)OC(=NC1CCc3ccccc31)N2. The fourth-order valence-electron chi connectivity index (χ4n) is 4.05. The molecule has 1 aliphatic carbocycles. The van der Waals surface area contributed by atoms with Gasteiger partial charge < -0.3 is 15.8 Å². The van der Waals surface area contributed by atoms with E-state index in [0.29, 0.717) is 16.7 Å². The predicted molar refractivity (Wildman–Crippen MR) is 114 cm³/mol. The van der Waals surface area contributed by atoms with E-state index in [1.807, 2.05) is 42.5 Å². The number of amidine groups is 1. The number of aliphatic imine (C=N–C) groups is 1. The molecule has 2 atom stereocenters. The first-order valence-corrected chi connectivity index (χ1v) is 9.80. The largest absolute Gasteiger partial charge is 0.452 e. The molecule has 0 amide bonds. The predicted octanol–water partition coefficient (Wildman–Crippen LogP) is 5.50. The molecular formula is C23H20ClN3O. The van der Waals surface area contributed by atoms with Gasteiger partial charge in [0.15, 0.2) is 6.10 Å². The van der Waals surface area contributed by atoms with Crippen molar-refractivity contribution in [2.75, 3.05) is 11.1 Å². The molecule has 0 spiro atoms. The van der Waals surface area contributed by atoms with Gasteiger partial charge in [-0.15, -0.1) is 0 Å². The standard InChI is InChI=1S/C23H20ClN3O/c24-16-11-8-15(9-12-16)22-21-18(25)6-3-7-20(21)27-23(28-22)26-19-13-10-14-4-1-2-5-17(14)19/h1-9,11-12,19,22H,10,13,25H2,(H,26,27)/t19?,22-/m1/s1. The Hall–Kier alpha value is -2.98. The summed E-state index contributed by atoms with van der Waals surface area (Å²) in [6.07, 6.45) is 1.70. The number of ether oxygens (including phenoxy) is 1. The number of nitrogen functional groups attached to an aromatic ring is 1. The zero-order valence-electron chi connectivity index (χ0n) is 15.2. The first-order valence-electron chi connectivity index (χ1n) is 9.42. The molecule has 0 saturated carbocycles. The molecule has 140 valence electrons. The van der Waals surface area contributed by atoms with Crippen LogP contribution in [0.4, 0.5) is 11.4 Å². The molecule has 0 saturated heterocycles. The van der Waals surface area contributed by atoms with Crippen LogP contribution >= 0.6 is 11.6 Å². The van der Waals surface area contributed by atoms with Crippen LogP contribution in [0.1, 0.15) is 40.8 Å². The minimum absolute atomic E-state index is 0.104. The summed E-state index contributed by atoms with van der Waals surface area (Å²) >= 11 is 6.07. The maximum Gasteiger partial charge on any atom is 0.290 e. The van der Waals surface area contributed by atoms with E-state index >= 15 is 0 Å². The van der Waals surface area contributed by atoms with Crippen molar-refractivity contribution in [2.24, 2.45) is 4.99 Å². The van der Waals surface area contributed by atoms with Crippen LogP contribution in [0.5, 0.6) is 0 Å². The van der Waals surface area contributed by atoms with E-state index in [9.17, 15) is 0 Å². The summed E-state index contributed by atoms with van der Waals surface area (Å²) < 4.78 is 6.31. The Bertz CT molecular complexity index is 1060. The van der Waals surface area contributed by atoms with Gasteiger partial charge in [-0.05, 0) is 53.8 Å². The van der Waals surface area contributed by atoms with Gasteiger partial charge in [0.05, 0.1) is 11.7 Å². The second-order valence-corrected chi connectivity index (χ2v) is 7.61. The highest BCUT2D eigenvalue weighted by molar-refractivity contribution is 6.30. The third-order valence-corrected chi connectivity index (χ3v) is 5.67. The Morgan fingerprint density at radius 3 is 2.68 bits per heavy atom. The first-order chi connectivity index (χ1) is 13.7. The van der Waals surface area contributed by atoms with E-state index in [1.165, 1.54) is 11.1 Å². The minimum atomic E-state index is -0.329. The van der Waals surface area contributed by atoms with Gasteiger partial charge in [-0.3, -0.25) is 0 Å². The summed E-state index contributed by atoms with van der Waals surface area (Å²) in [5.41, 5.74) is 12.5. The van der Waals surface area contributed by atoms with Crippen LogP contribution in [0.3, 0.4) is 0 Å². The summed E-state index contributed by atoms with van der Waals surface area (Å²) in [7, 11) is 0. The molecule has 3 N–H and O–H groups in total. The topological polar surface area (TPSA) is 59.6 Å². The van der Waals surface area contributed by atoms with Gasteiger partial charge in [0.2, 0.25) is 0 Å². The lowest BCUT2D eigenvalue weighted by atomic mass is 9.97. The number of halogens is 1. The Morgan fingerprint density at radius 2 is 1.82 bits per heavy atom. The number of anilines is 2. The number of nitrogens with zero attached hydrogens (tertiary/aromatic N) is 1.